The van der Waals surface area contributed by atoms with Gasteiger partial charge in [-0.25, -0.2) is 0 Å². The number of ketones is 1. The van der Waals surface area contributed by atoms with Crippen molar-refractivity contribution in [1.82, 2.24) is 0 Å². The molecule has 1 aliphatic carbocycles. The van der Waals surface area contributed by atoms with Crippen LogP contribution in [0.5, 0.6) is 0 Å². The second-order valence-corrected chi connectivity index (χ2v) is 10.4. The zero-order valence-electron chi connectivity index (χ0n) is 19.6. The number of fused-ring (bicyclic) bond motifs is 3. The lowest BCUT2D eigenvalue weighted by molar-refractivity contribution is -0.124. The van der Waals surface area contributed by atoms with Gasteiger partial charge in [0.25, 0.3) is 0 Å². The lowest BCUT2D eigenvalue weighted by Gasteiger charge is -2.47. The molecule has 0 radical (unpaired) electrons. The van der Waals surface area contributed by atoms with Crippen LogP contribution >= 0.6 is 11.6 Å². The molecule has 0 aromatic heterocycles. The quantitative estimate of drug-likeness (QED) is 0.648. The van der Waals surface area contributed by atoms with E-state index >= 15 is 0 Å². The predicted molar refractivity (Wildman–Crippen MR) is 132 cm³/mol. The summed E-state index contributed by atoms with van der Waals surface area (Å²) in [5.41, 5.74) is 8.69. The van der Waals surface area contributed by atoms with Crippen LogP contribution in [0.25, 0.3) is 0 Å². The minimum Gasteiger partial charge on any atom is -0.384 e. The number of anilines is 2. The van der Waals surface area contributed by atoms with Gasteiger partial charge in [0.1, 0.15) is 17.3 Å². The van der Waals surface area contributed by atoms with Gasteiger partial charge in [-0.05, 0) is 42.5 Å². The minimum atomic E-state index is -1.56. The van der Waals surface area contributed by atoms with Crippen molar-refractivity contribution in [2.75, 3.05) is 16.8 Å². The Morgan fingerprint density at radius 2 is 1.74 bits per heavy atom. The van der Waals surface area contributed by atoms with Crippen molar-refractivity contribution < 1.29 is 9.59 Å². The highest BCUT2D eigenvalue weighted by Crippen LogP contribution is 2.58. The molecule has 7 heteroatoms. The van der Waals surface area contributed by atoms with Crippen molar-refractivity contribution in [3.63, 3.8) is 0 Å². The first kappa shape index (κ1) is 22.2. The maximum atomic E-state index is 14.0. The van der Waals surface area contributed by atoms with Crippen molar-refractivity contribution >= 4 is 34.7 Å². The van der Waals surface area contributed by atoms with Crippen molar-refractivity contribution in [1.29, 1.82) is 5.26 Å². The molecule has 2 aromatic carbocycles. The summed E-state index contributed by atoms with van der Waals surface area (Å²) in [7, 11) is 1.67. The molecule has 34 heavy (non-hydrogen) atoms. The van der Waals surface area contributed by atoms with Gasteiger partial charge in [-0.1, -0.05) is 49.7 Å². The lowest BCUT2D eigenvalue weighted by atomic mass is 9.60. The van der Waals surface area contributed by atoms with E-state index in [1.54, 1.807) is 18.0 Å². The third-order valence-corrected chi connectivity index (χ3v) is 7.67. The van der Waals surface area contributed by atoms with Crippen LogP contribution in [0.4, 0.5) is 11.4 Å². The van der Waals surface area contributed by atoms with E-state index in [1.807, 2.05) is 57.2 Å². The monoisotopic (exact) mass is 472 g/mol. The van der Waals surface area contributed by atoms with Crippen LogP contribution in [0.2, 0.25) is 5.02 Å². The number of hydrogen-bond acceptors (Lipinski definition) is 5. The number of likely N-dealkylation sites (N-methyl/N-ethyl adjacent to an activating group) is 1. The smallest absolute Gasteiger partial charge is 0.247 e. The standard InChI is InChI=1S/C27H25ClN4O2/c1-15-18(28)9-7-11-19(15)32-21-12-26(2,3)13-22(33)23(21)27(17(14-29)24(32)30)16-8-5-6-10-20(16)31(4)25(27)34/h5-11H,12-13,30H2,1-4H3/t27-/m1/s1. The Morgan fingerprint density at radius 1 is 1.06 bits per heavy atom. The Balaban J connectivity index is 1.94. The van der Waals surface area contributed by atoms with E-state index in [9.17, 15) is 14.9 Å². The molecule has 0 fully saturated rings. The zero-order chi connectivity index (χ0) is 24.6. The molecule has 2 aromatic rings. The van der Waals surface area contributed by atoms with E-state index in [1.165, 1.54) is 4.90 Å². The molecule has 2 N–H and O–H groups in total. The number of allylic oxidation sites excluding steroid dienone is 1. The van der Waals surface area contributed by atoms with E-state index < -0.39 is 5.41 Å². The fraction of sp³-hybridized carbons (Fsp3) is 0.296. The molecular formula is C27H25ClN4O2. The number of para-hydroxylation sites is 1. The second-order valence-electron chi connectivity index (χ2n) is 9.99. The van der Waals surface area contributed by atoms with Crippen molar-refractivity contribution in [3.8, 4) is 6.07 Å². The number of amides is 1. The summed E-state index contributed by atoms with van der Waals surface area (Å²) in [4.78, 5) is 31.2. The van der Waals surface area contributed by atoms with Gasteiger partial charge in [-0.2, -0.15) is 5.26 Å². The van der Waals surface area contributed by atoms with Crippen molar-refractivity contribution in [3.05, 3.63) is 81.3 Å². The number of nitrogens with zero attached hydrogens (tertiary/aromatic N) is 3. The summed E-state index contributed by atoms with van der Waals surface area (Å²) >= 11 is 6.45. The van der Waals surface area contributed by atoms with Gasteiger partial charge in [0.05, 0.1) is 11.3 Å². The molecule has 172 valence electrons. The van der Waals surface area contributed by atoms with Crippen LogP contribution in [0, 0.1) is 23.7 Å². The summed E-state index contributed by atoms with van der Waals surface area (Å²) in [6.07, 6.45) is 0.786. The Hall–Kier alpha value is -3.56. The maximum Gasteiger partial charge on any atom is 0.247 e. The molecule has 0 saturated carbocycles. The van der Waals surface area contributed by atoms with Gasteiger partial charge in [-0.15, -0.1) is 0 Å². The fourth-order valence-corrected chi connectivity index (χ4v) is 5.95. The number of rotatable bonds is 1. The van der Waals surface area contributed by atoms with Gasteiger partial charge in [-0.3, -0.25) is 14.5 Å². The zero-order valence-corrected chi connectivity index (χ0v) is 20.3. The molecule has 0 saturated heterocycles. The molecule has 0 unspecified atom stereocenters. The normalized spacial score (nSPS) is 23.4. The molecule has 6 nitrogen and oxygen atoms in total. The van der Waals surface area contributed by atoms with Crippen molar-refractivity contribution in [2.45, 2.75) is 39.0 Å². The fourth-order valence-electron chi connectivity index (χ4n) is 5.78. The number of Topliss-reactive ketones (excluding diaryl/α,β-unsaturated/α-hetero) is 1. The molecule has 5 rings (SSSR count). The van der Waals surface area contributed by atoms with Crippen molar-refractivity contribution in [2.24, 2.45) is 11.1 Å². The second kappa shape index (κ2) is 7.22. The van der Waals surface area contributed by atoms with Crippen LogP contribution in [0.3, 0.4) is 0 Å². The molecule has 1 spiro atoms. The number of nitriles is 1. The Morgan fingerprint density at radius 3 is 2.44 bits per heavy atom. The molecule has 2 heterocycles. The summed E-state index contributed by atoms with van der Waals surface area (Å²) in [6.45, 7) is 5.93. The van der Waals surface area contributed by atoms with Crippen LogP contribution in [0.1, 0.15) is 37.8 Å². The third-order valence-electron chi connectivity index (χ3n) is 7.26. The van der Waals surface area contributed by atoms with Gasteiger partial charge in [0.2, 0.25) is 5.91 Å². The van der Waals surface area contributed by atoms with Crippen LogP contribution in [0.15, 0.2) is 65.1 Å². The van der Waals surface area contributed by atoms with E-state index in [-0.39, 0.29) is 34.9 Å². The SMILES string of the molecule is Cc1c(Cl)cccc1N1C(N)=C(C#N)[C@@]2(C(=O)N(C)c3ccccc32)C2=C1CC(C)(C)CC2=O. The maximum absolute atomic E-state index is 14.0. The summed E-state index contributed by atoms with van der Waals surface area (Å²) < 4.78 is 0. The third kappa shape index (κ3) is 2.68. The van der Waals surface area contributed by atoms with Gasteiger partial charge < -0.3 is 10.6 Å². The topological polar surface area (TPSA) is 90.4 Å². The molecular weight excluding hydrogens is 448 g/mol. The Kier molecular flexibility index (Phi) is 4.72. The molecule has 3 aliphatic rings. The number of nitrogens with two attached hydrogens (primary N) is 1. The average molecular weight is 473 g/mol. The minimum absolute atomic E-state index is 0.0699. The summed E-state index contributed by atoms with van der Waals surface area (Å²) in [6, 6.07) is 15.0. The number of halogens is 1. The summed E-state index contributed by atoms with van der Waals surface area (Å²) in [5, 5.41) is 11.0. The number of benzene rings is 2. The van der Waals surface area contributed by atoms with E-state index in [0.29, 0.717) is 39.7 Å². The van der Waals surface area contributed by atoms with Crippen LogP contribution in [-0.2, 0) is 15.0 Å². The van der Waals surface area contributed by atoms with E-state index in [0.717, 1.165) is 5.56 Å². The first-order chi connectivity index (χ1) is 16.1. The molecule has 0 bridgehead atoms. The molecule has 2 aliphatic heterocycles. The van der Waals surface area contributed by atoms with E-state index in [4.69, 9.17) is 17.3 Å². The number of hydrogen-bond donors (Lipinski definition) is 1. The first-order valence-electron chi connectivity index (χ1n) is 11.2. The average Bonchev–Trinajstić information content (AvgIpc) is 2.99. The highest BCUT2D eigenvalue weighted by Gasteiger charge is 2.62. The lowest BCUT2D eigenvalue weighted by Crippen LogP contribution is -2.53. The van der Waals surface area contributed by atoms with Gasteiger partial charge in [0, 0.05) is 41.0 Å². The predicted octanol–water partition coefficient (Wildman–Crippen LogP) is 4.72. The molecule has 1 atom stereocenters. The van der Waals surface area contributed by atoms with E-state index in [2.05, 4.69) is 6.07 Å². The molecule has 1 amide bonds. The van der Waals surface area contributed by atoms with Crippen LogP contribution in [-0.4, -0.2) is 18.7 Å². The number of carbonyl (C=O) groups is 2. The van der Waals surface area contributed by atoms with Gasteiger partial charge >= 0.3 is 0 Å². The Labute approximate surface area is 203 Å². The number of carbonyl (C=O) groups excluding carboxylic acids is 2. The highest BCUT2D eigenvalue weighted by molar-refractivity contribution is 6.31. The van der Waals surface area contributed by atoms with Crippen LogP contribution < -0.4 is 15.5 Å². The highest BCUT2D eigenvalue weighted by atomic mass is 35.5. The first-order valence-corrected chi connectivity index (χ1v) is 11.5. The van der Waals surface area contributed by atoms with Gasteiger partial charge in [0.15, 0.2) is 5.78 Å². The largest absolute Gasteiger partial charge is 0.384 e. The Bertz CT molecular complexity index is 1400. The summed E-state index contributed by atoms with van der Waals surface area (Å²) in [5.74, 6) is -0.332.